The van der Waals surface area contributed by atoms with Gasteiger partial charge in [-0.25, -0.2) is 4.39 Å². The van der Waals surface area contributed by atoms with Crippen LogP contribution in [0.15, 0.2) is 59.0 Å². The molecule has 0 bridgehead atoms. The number of carbonyl (C=O) groups is 1. The van der Waals surface area contributed by atoms with Crippen LogP contribution in [0.3, 0.4) is 0 Å². The van der Waals surface area contributed by atoms with Crippen LogP contribution in [-0.4, -0.2) is 29.2 Å². The Morgan fingerprint density at radius 2 is 1.79 bits per heavy atom. The zero-order valence-corrected chi connectivity index (χ0v) is 15.3. The molecule has 0 aliphatic carbocycles. The van der Waals surface area contributed by atoms with Crippen molar-refractivity contribution in [3.8, 4) is 11.5 Å². The molecular weight excluding hydrogens is 359 g/mol. The Bertz CT molecular complexity index is 919. The zero-order chi connectivity index (χ0) is 19.3. The lowest BCUT2D eigenvalue weighted by Crippen LogP contribution is -2.40. The van der Waals surface area contributed by atoms with Crippen LogP contribution in [0, 0.1) is 11.7 Å². The van der Waals surface area contributed by atoms with Gasteiger partial charge in [0.15, 0.2) is 0 Å². The summed E-state index contributed by atoms with van der Waals surface area (Å²) in [5.74, 6) is 0.196. The fourth-order valence-corrected chi connectivity index (χ4v) is 3.31. The number of piperidine rings is 1. The maximum atomic E-state index is 12.9. The summed E-state index contributed by atoms with van der Waals surface area (Å²) in [6.07, 6.45) is 1.44. The summed E-state index contributed by atoms with van der Waals surface area (Å²) in [6, 6.07) is 16.3. The lowest BCUT2D eigenvalue weighted by atomic mass is 9.96. The molecule has 0 spiro atoms. The van der Waals surface area contributed by atoms with E-state index in [1.54, 1.807) is 12.1 Å². The molecule has 1 aromatic heterocycles. The molecule has 144 valence electrons. The van der Waals surface area contributed by atoms with Crippen molar-refractivity contribution in [3.05, 3.63) is 66.0 Å². The molecular formula is C21H21FN4O2. The highest BCUT2D eigenvalue weighted by Crippen LogP contribution is 2.25. The van der Waals surface area contributed by atoms with Gasteiger partial charge in [0.25, 0.3) is 0 Å². The highest BCUT2D eigenvalue weighted by Gasteiger charge is 2.27. The van der Waals surface area contributed by atoms with E-state index in [-0.39, 0.29) is 17.6 Å². The maximum absolute atomic E-state index is 12.9. The molecule has 7 heteroatoms. The Labute approximate surface area is 162 Å². The molecule has 1 amide bonds. The van der Waals surface area contributed by atoms with Gasteiger partial charge in [-0.1, -0.05) is 35.4 Å². The van der Waals surface area contributed by atoms with Crippen LogP contribution in [0.4, 0.5) is 10.4 Å². The van der Waals surface area contributed by atoms with E-state index in [0.717, 1.165) is 24.0 Å². The molecule has 1 N–H and O–H groups in total. The first-order valence-electron chi connectivity index (χ1n) is 9.35. The summed E-state index contributed by atoms with van der Waals surface area (Å²) in [5.41, 5.74) is 1.77. The zero-order valence-electron chi connectivity index (χ0n) is 15.3. The van der Waals surface area contributed by atoms with Crippen LogP contribution < -0.4 is 10.2 Å². The summed E-state index contributed by atoms with van der Waals surface area (Å²) in [4.78, 5) is 14.4. The first-order chi connectivity index (χ1) is 13.7. The third kappa shape index (κ3) is 4.19. The molecule has 1 aliphatic heterocycles. The normalized spacial score (nSPS) is 14.8. The predicted octanol–water partition coefficient (Wildman–Crippen LogP) is 3.41. The van der Waals surface area contributed by atoms with Gasteiger partial charge in [0.05, 0.1) is 0 Å². The first kappa shape index (κ1) is 18.2. The van der Waals surface area contributed by atoms with Crippen LogP contribution >= 0.6 is 0 Å². The Morgan fingerprint density at radius 1 is 1.07 bits per heavy atom. The van der Waals surface area contributed by atoms with E-state index < -0.39 is 0 Å². The van der Waals surface area contributed by atoms with Crippen molar-refractivity contribution in [2.24, 2.45) is 5.92 Å². The second kappa shape index (κ2) is 8.21. The van der Waals surface area contributed by atoms with Crippen molar-refractivity contribution in [1.82, 2.24) is 15.5 Å². The van der Waals surface area contributed by atoms with E-state index >= 15 is 0 Å². The number of hydrogen-bond acceptors (Lipinski definition) is 5. The molecule has 28 heavy (non-hydrogen) atoms. The predicted molar refractivity (Wildman–Crippen MR) is 103 cm³/mol. The number of hydrogen-bond donors (Lipinski definition) is 1. The van der Waals surface area contributed by atoms with Crippen molar-refractivity contribution in [2.75, 3.05) is 18.0 Å². The van der Waals surface area contributed by atoms with E-state index in [2.05, 4.69) is 15.5 Å². The van der Waals surface area contributed by atoms with E-state index in [1.807, 2.05) is 35.2 Å². The second-order valence-electron chi connectivity index (χ2n) is 6.86. The van der Waals surface area contributed by atoms with Crippen molar-refractivity contribution in [3.63, 3.8) is 0 Å². The highest BCUT2D eigenvalue weighted by molar-refractivity contribution is 5.78. The van der Waals surface area contributed by atoms with Crippen LogP contribution in [0.5, 0.6) is 0 Å². The fraction of sp³-hybridized carbons (Fsp3) is 0.286. The average molecular weight is 380 g/mol. The third-order valence-electron chi connectivity index (χ3n) is 4.95. The molecule has 0 saturated carbocycles. The van der Waals surface area contributed by atoms with Gasteiger partial charge in [-0.05, 0) is 42.7 Å². The molecule has 2 aromatic carbocycles. The van der Waals surface area contributed by atoms with Crippen molar-refractivity contribution >= 4 is 11.9 Å². The van der Waals surface area contributed by atoms with Crippen molar-refractivity contribution < 1.29 is 13.6 Å². The lowest BCUT2D eigenvalue weighted by molar-refractivity contribution is -0.125. The minimum atomic E-state index is -0.279. The average Bonchev–Trinajstić information content (AvgIpc) is 3.24. The second-order valence-corrected chi connectivity index (χ2v) is 6.86. The number of amides is 1. The van der Waals surface area contributed by atoms with Gasteiger partial charge in [-0.3, -0.25) is 4.79 Å². The van der Waals surface area contributed by atoms with Crippen molar-refractivity contribution in [2.45, 2.75) is 19.4 Å². The minimum Gasteiger partial charge on any atom is -0.403 e. The van der Waals surface area contributed by atoms with E-state index in [4.69, 9.17) is 4.42 Å². The Kier molecular flexibility index (Phi) is 5.32. The van der Waals surface area contributed by atoms with Gasteiger partial charge < -0.3 is 14.6 Å². The highest BCUT2D eigenvalue weighted by atomic mass is 19.1. The molecule has 1 fully saturated rings. The number of aromatic nitrogens is 2. The monoisotopic (exact) mass is 380 g/mol. The molecule has 0 atom stereocenters. The third-order valence-corrected chi connectivity index (χ3v) is 4.95. The summed E-state index contributed by atoms with van der Waals surface area (Å²) < 4.78 is 18.7. The standard InChI is InChI=1S/C21H21FN4O2/c22-18-8-6-15(7-9-18)14-23-19(27)16-10-12-26(13-11-16)21-25-24-20(28-21)17-4-2-1-3-5-17/h1-9,16H,10-14H2,(H,23,27). The van der Waals surface area contributed by atoms with E-state index in [1.165, 1.54) is 12.1 Å². The number of halogens is 1. The van der Waals surface area contributed by atoms with Crippen molar-refractivity contribution in [1.29, 1.82) is 0 Å². The first-order valence-corrected chi connectivity index (χ1v) is 9.35. The molecule has 6 nitrogen and oxygen atoms in total. The van der Waals surface area contributed by atoms with Gasteiger partial charge in [0, 0.05) is 31.1 Å². The topological polar surface area (TPSA) is 71.3 Å². The number of rotatable bonds is 5. The number of anilines is 1. The van der Waals surface area contributed by atoms with E-state index in [0.29, 0.717) is 31.5 Å². The molecule has 3 aromatic rings. The number of nitrogens with one attached hydrogen (secondary N) is 1. The maximum Gasteiger partial charge on any atom is 0.318 e. The molecule has 4 rings (SSSR count). The van der Waals surface area contributed by atoms with Crippen LogP contribution in [-0.2, 0) is 11.3 Å². The molecule has 0 radical (unpaired) electrons. The van der Waals surface area contributed by atoms with E-state index in [9.17, 15) is 9.18 Å². The quantitative estimate of drug-likeness (QED) is 0.734. The van der Waals surface area contributed by atoms with Gasteiger partial charge >= 0.3 is 6.01 Å². The van der Waals surface area contributed by atoms with Crippen LogP contribution in [0.25, 0.3) is 11.5 Å². The summed E-state index contributed by atoms with van der Waals surface area (Å²) in [6.45, 7) is 1.78. The number of nitrogens with zero attached hydrogens (tertiary/aromatic N) is 3. The molecule has 1 aliphatic rings. The Morgan fingerprint density at radius 3 is 2.50 bits per heavy atom. The fourth-order valence-electron chi connectivity index (χ4n) is 3.31. The molecule has 2 heterocycles. The lowest BCUT2D eigenvalue weighted by Gasteiger charge is -2.29. The summed E-state index contributed by atoms with van der Waals surface area (Å²) in [7, 11) is 0. The van der Waals surface area contributed by atoms with Gasteiger partial charge in [0.2, 0.25) is 11.8 Å². The number of benzene rings is 2. The Hall–Kier alpha value is -3.22. The summed E-state index contributed by atoms with van der Waals surface area (Å²) >= 11 is 0. The molecule has 0 unspecified atom stereocenters. The summed E-state index contributed by atoms with van der Waals surface area (Å²) in [5, 5.41) is 11.2. The van der Waals surface area contributed by atoms with Crippen LogP contribution in [0.2, 0.25) is 0 Å². The minimum absolute atomic E-state index is 0.0273. The SMILES string of the molecule is O=C(NCc1ccc(F)cc1)C1CCN(c2nnc(-c3ccccc3)o2)CC1. The van der Waals surface area contributed by atoms with Crippen LogP contribution in [0.1, 0.15) is 18.4 Å². The largest absolute Gasteiger partial charge is 0.403 e. The Balaban J connectivity index is 1.29. The smallest absolute Gasteiger partial charge is 0.318 e. The van der Waals surface area contributed by atoms with Gasteiger partial charge in [-0.2, -0.15) is 0 Å². The molecule has 1 saturated heterocycles. The number of carbonyl (C=O) groups excluding carboxylic acids is 1. The van der Waals surface area contributed by atoms with Gasteiger partial charge in [0.1, 0.15) is 5.82 Å². The van der Waals surface area contributed by atoms with Gasteiger partial charge in [-0.15, -0.1) is 5.10 Å².